The van der Waals surface area contributed by atoms with E-state index in [0.29, 0.717) is 6.61 Å². The van der Waals surface area contributed by atoms with Crippen LogP contribution in [0.2, 0.25) is 0 Å². The Morgan fingerprint density at radius 3 is 1.76 bits per heavy atom. The van der Waals surface area contributed by atoms with Crippen LogP contribution in [0.4, 0.5) is 8.78 Å². The number of aryl methyl sites for hydroxylation is 1. The Hall–Kier alpha value is -2.04. The topological polar surface area (TPSA) is 35.0 Å². The van der Waals surface area contributed by atoms with Crippen LogP contribution in [0, 0.1) is 11.6 Å². The third kappa shape index (κ3) is 10.5. The minimum absolute atomic E-state index is 0.0430. The zero-order valence-corrected chi connectivity index (χ0v) is 21.4. The summed E-state index contributed by atoms with van der Waals surface area (Å²) in [4.78, 5) is 8.58. The highest BCUT2D eigenvalue weighted by Gasteiger charge is 2.17. The molecule has 0 aliphatic carbocycles. The van der Waals surface area contributed by atoms with E-state index in [1.165, 1.54) is 82.8 Å². The molecule has 0 saturated heterocycles. The lowest BCUT2D eigenvalue weighted by molar-refractivity contribution is 0.285. The summed E-state index contributed by atoms with van der Waals surface area (Å²) in [5.74, 6) is -1.76. The molecule has 190 valence electrons. The Bertz CT molecular complexity index is 795. The van der Waals surface area contributed by atoms with Crippen molar-refractivity contribution < 1.29 is 13.5 Å². The fourth-order valence-corrected chi connectivity index (χ4v) is 4.14. The monoisotopic (exact) mass is 474 g/mol. The Kier molecular flexibility index (Phi) is 14.4. The van der Waals surface area contributed by atoms with Gasteiger partial charge in [0.05, 0.1) is 12.2 Å². The summed E-state index contributed by atoms with van der Waals surface area (Å²) in [7, 11) is 0. The normalized spacial score (nSPS) is 11.2. The molecule has 0 N–H and O–H groups in total. The molecule has 1 aromatic heterocycles. The molecule has 2 aromatic rings. The third-order valence-corrected chi connectivity index (χ3v) is 6.32. The molecular formula is C29H44F2N2O. The third-order valence-electron chi connectivity index (χ3n) is 6.32. The van der Waals surface area contributed by atoms with Crippen LogP contribution >= 0.6 is 0 Å². The Morgan fingerprint density at radius 1 is 0.647 bits per heavy atom. The van der Waals surface area contributed by atoms with Crippen LogP contribution in [0.1, 0.15) is 116 Å². The van der Waals surface area contributed by atoms with Gasteiger partial charge in [-0.05, 0) is 37.0 Å². The summed E-state index contributed by atoms with van der Waals surface area (Å²) in [6.07, 6.45) is 22.6. The number of hydrogen-bond donors (Lipinski definition) is 0. The van der Waals surface area contributed by atoms with Gasteiger partial charge in [0.15, 0.2) is 17.4 Å². The van der Waals surface area contributed by atoms with Crippen molar-refractivity contribution in [1.29, 1.82) is 0 Å². The molecule has 1 heterocycles. The molecule has 0 amide bonds. The predicted molar refractivity (Wildman–Crippen MR) is 137 cm³/mol. The van der Waals surface area contributed by atoms with Gasteiger partial charge in [-0.1, -0.05) is 97.3 Å². The lowest BCUT2D eigenvalue weighted by Gasteiger charge is -2.10. The number of aromatic nitrogens is 2. The summed E-state index contributed by atoms with van der Waals surface area (Å²) in [5, 5.41) is 0. The highest BCUT2D eigenvalue weighted by atomic mass is 19.2. The van der Waals surface area contributed by atoms with Gasteiger partial charge in [0.2, 0.25) is 5.82 Å². The number of rotatable bonds is 19. The molecule has 0 unspecified atom stereocenters. The fraction of sp³-hybridized carbons (Fsp3) is 0.655. The van der Waals surface area contributed by atoms with E-state index in [4.69, 9.17) is 4.74 Å². The lowest BCUT2D eigenvalue weighted by atomic mass is 10.1. The first kappa shape index (κ1) is 28.2. The molecule has 2 rings (SSSR count). The average Bonchev–Trinajstić information content (AvgIpc) is 2.85. The molecule has 0 atom stereocenters. The van der Waals surface area contributed by atoms with Gasteiger partial charge < -0.3 is 4.74 Å². The van der Waals surface area contributed by atoms with Gasteiger partial charge in [-0.15, -0.1) is 0 Å². The van der Waals surface area contributed by atoms with Crippen LogP contribution in [0.3, 0.4) is 0 Å². The SMILES string of the molecule is CCCCCCCCCCc1cnc(-c2ccc(OCCCCCCCCC)c(F)c2F)nc1. The molecule has 0 radical (unpaired) electrons. The van der Waals surface area contributed by atoms with E-state index in [-0.39, 0.29) is 17.1 Å². The Morgan fingerprint density at radius 2 is 1.18 bits per heavy atom. The highest BCUT2D eigenvalue weighted by molar-refractivity contribution is 5.57. The minimum Gasteiger partial charge on any atom is -0.490 e. The summed E-state index contributed by atoms with van der Waals surface area (Å²) >= 11 is 0. The minimum atomic E-state index is -0.966. The maximum atomic E-state index is 14.7. The number of hydrogen-bond acceptors (Lipinski definition) is 3. The van der Waals surface area contributed by atoms with Crippen molar-refractivity contribution in [3.63, 3.8) is 0 Å². The van der Waals surface area contributed by atoms with Crippen molar-refractivity contribution in [1.82, 2.24) is 9.97 Å². The van der Waals surface area contributed by atoms with Crippen LogP contribution in [0.5, 0.6) is 5.75 Å². The maximum Gasteiger partial charge on any atom is 0.201 e. The van der Waals surface area contributed by atoms with Gasteiger partial charge >= 0.3 is 0 Å². The molecule has 0 fully saturated rings. The molecular weight excluding hydrogens is 430 g/mol. The maximum absolute atomic E-state index is 14.7. The van der Waals surface area contributed by atoms with E-state index in [2.05, 4.69) is 23.8 Å². The van der Waals surface area contributed by atoms with Crippen LogP contribution in [-0.4, -0.2) is 16.6 Å². The predicted octanol–water partition coefficient (Wildman–Crippen LogP) is 9.23. The zero-order chi connectivity index (χ0) is 24.4. The first-order valence-corrected chi connectivity index (χ1v) is 13.6. The smallest absolute Gasteiger partial charge is 0.201 e. The molecule has 0 saturated carbocycles. The van der Waals surface area contributed by atoms with Crippen molar-refractivity contribution in [2.45, 2.75) is 117 Å². The second-order valence-electron chi connectivity index (χ2n) is 9.35. The van der Waals surface area contributed by atoms with E-state index in [9.17, 15) is 8.78 Å². The second-order valence-corrected chi connectivity index (χ2v) is 9.35. The summed E-state index contributed by atoms with van der Waals surface area (Å²) in [6, 6.07) is 2.98. The van der Waals surface area contributed by atoms with Crippen molar-refractivity contribution in [2.75, 3.05) is 6.61 Å². The zero-order valence-electron chi connectivity index (χ0n) is 21.4. The first-order chi connectivity index (χ1) is 16.7. The van der Waals surface area contributed by atoms with E-state index < -0.39 is 11.6 Å². The van der Waals surface area contributed by atoms with Gasteiger partial charge in [0.1, 0.15) is 0 Å². The number of nitrogens with zero attached hydrogens (tertiary/aromatic N) is 2. The number of benzene rings is 1. The second kappa shape index (κ2) is 17.4. The highest BCUT2D eigenvalue weighted by Crippen LogP contribution is 2.28. The largest absolute Gasteiger partial charge is 0.490 e. The van der Waals surface area contributed by atoms with Crippen molar-refractivity contribution >= 4 is 0 Å². The average molecular weight is 475 g/mol. The van der Waals surface area contributed by atoms with Crippen LogP contribution in [0.15, 0.2) is 24.5 Å². The molecule has 5 heteroatoms. The molecule has 0 spiro atoms. The van der Waals surface area contributed by atoms with E-state index >= 15 is 0 Å². The van der Waals surface area contributed by atoms with Gasteiger partial charge in [0.25, 0.3) is 0 Å². The first-order valence-electron chi connectivity index (χ1n) is 13.6. The lowest BCUT2D eigenvalue weighted by Crippen LogP contribution is -2.03. The van der Waals surface area contributed by atoms with Crippen LogP contribution in [-0.2, 0) is 6.42 Å². The van der Waals surface area contributed by atoms with E-state index in [1.54, 1.807) is 12.4 Å². The van der Waals surface area contributed by atoms with Crippen molar-refractivity contribution in [3.05, 3.63) is 41.7 Å². The molecule has 0 bridgehead atoms. The van der Waals surface area contributed by atoms with Crippen LogP contribution in [0.25, 0.3) is 11.4 Å². The standard InChI is InChI=1S/C29H44F2N2O/c1-3-5-7-9-11-12-14-16-18-24-22-32-29(33-23-24)25-19-20-26(28(31)27(25)30)34-21-17-15-13-10-8-6-4-2/h19-20,22-23H,3-18,21H2,1-2H3. The fourth-order valence-electron chi connectivity index (χ4n) is 4.14. The Labute approximate surface area is 205 Å². The van der Waals surface area contributed by atoms with Crippen molar-refractivity contribution in [3.8, 4) is 17.1 Å². The number of unbranched alkanes of at least 4 members (excludes halogenated alkanes) is 13. The van der Waals surface area contributed by atoms with Gasteiger partial charge in [0, 0.05) is 12.4 Å². The van der Waals surface area contributed by atoms with Gasteiger partial charge in [-0.25, -0.2) is 14.4 Å². The summed E-state index contributed by atoms with van der Waals surface area (Å²) in [5.41, 5.74) is 1.10. The summed E-state index contributed by atoms with van der Waals surface area (Å²) < 4.78 is 34.7. The Balaban J connectivity index is 1.75. The van der Waals surface area contributed by atoms with Crippen molar-refractivity contribution in [2.24, 2.45) is 0 Å². The van der Waals surface area contributed by atoms with Crippen LogP contribution < -0.4 is 4.74 Å². The summed E-state index contributed by atoms with van der Waals surface area (Å²) in [6.45, 7) is 4.83. The van der Waals surface area contributed by atoms with Gasteiger partial charge in [-0.2, -0.15) is 4.39 Å². The quantitative estimate of drug-likeness (QED) is 0.190. The molecule has 34 heavy (non-hydrogen) atoms. The van der Waals surface area contributed by atoms with E-state index in [1.807, 2.05) is 0 Å². The molecule has 1 aromatic carbocycles. The molecule has 3 nitrogen and oxygen atoms in total. The molecule has 0 aliphatic rings. The molecule has 0 aliphatic heterocycles. The number of ether oxygens (including phenoxy) is 1. The number of halogens is 2. The van der Waals surface area contributed by atoms with E-state index in [0.717, 1.165) is 37.7 Å². The van der Waals surface area contributed by atoms with Gasteiger partial charge in [-0.3, -0.25) is 0 Å².